The monoisotopic (exact) mass is 423 g/mol. The third-order valence-corrected chi connectivity index (χ3v) is 6.29. The summed E-state index contributed by atoms with van der Waals surface area (Å²) in [6.45, 7) is 6.02. The molecule has 1 fully saturated rings. The van der Waals surface area contributed by atoms with Gasteiger partial charge >= 0.3 is 5.97 Å². The van der Waals surface area contributed by atoms with E-state index in [1.807, 2.05) is 13.8 Å². The quantitative estimate of drug-likeness (QED) is 0.572. The highest BCUT2D eigenvalue weighted by Gasteiger charge is 2.41. The standard InChI is InChI=1S/C26H33NO4/c1-5-19(3)31-23-14-13-21(17-22(23)24(28)30-4)27-25(29)26(15-7-6-8-16-26)20-11-9-18(2)10-12-20/h9-14,17,19H,5-8,15-16H2,1-4H3,(H,27,29)/t19-/m1/s1. The molecule has 31 heavy (non-hydrogen) atoms. The van der Waals surface area contributed by atoms with Crippen LogP contribution in [0.3, 0.4) is 0 Å². The van der Waals surface area contributed by atoms with Crippen LogP contribution in [-0.4, -0.2) is 25.1 Å². The number of ether oxygens (including phenoxy) is 2. The molecule has 1 aliphatic carbocycles. The van der Waals surface area contributed by atoms with Gasteiger partial charge in [0.2, 0.25) is 5.91 Å². The van der Waals surface area contributed by atoms with Crippen LogP contribution in [0, 0.1) is 6.92 Å². The number of carbonyl (C=O) groups excluding carboxylic acids is 2. The molecule has 1 N–H and O–H groups in total. The van der Waals surface area contributed by atoms with Gasteiger partial charge in [-0.2, -0.15) is 0 Å². The van der Waals surface area contributed by atoms with Crippen LogP contribution >= 0.6 is 0 Å². The summed E-state index contributed by atoms with van der Waals surface area (Å²) in [7, 11) is 1.34. The van der Waals surface area contributed by atoms with Gasteiger partial charge in [-0.05, 0) is 56.9 Å². The van der Waals surface area contributed by atoms with E-state index in [4.69, 9.17) is 9.47 Å². The molecule has 5 heteroatoms. The van der Waals surface area contributed by atoms with Gasteiger partial charge in [-0.15, -0.1) is 0 Å². The zero-order valence-electron chi connectivity index (χ0n) is 19.0. The van der Waals surface area contributed by atoms with Gasteiger partial charge in [0.25, 0.3) is 0 Å². The third-order valence-electron chi connectivity index (χ3n) is 6.29. The second-order valence-electron chi connectivity index (χ2n) is 8.50. The Morgan fingerprint density at radius 2 is 1.74 bits per heavy atom. The molecule has 0 radical (unpaired) electrons. The largest absolute Gasteiger partial charge is 0.490 e. The molecule has 1 aliphatic rings. The molecule has 0 heterocycles. The summed E-state index contributed by atoms with van der Waals surface area (Å²) in [6.07, 6.45) is 5.62. The minimum atomic E-state index is -0.552. The SMILES string of the molecule is CC[C@@H](C)Oc1ccc(NC(=O)C2(c3ccc(C)cc3)CCCCC2)cc1C(=O)OC. The number of carbonyl (C=O) groups is 2. The fourth-order valence-corrected chi connectivity index (χ4v) is 4.21. The first-order valence-electron chi connectivity index (χ1n) is 11.2. The Morgan fingerprint density at radius 1 is 1.06 bits per heavy atom. The summed E-state index contributed by atoms with van der Waals surface area (Å²) in [5.41, 5.74) is 2.56. The Balaban J connectivity index is 1.91. The Bertz CT molecular complexity index is 914. The van der Waals surface area contributed by atoms with Gasteiger partial charge in [0.05, 0.1) is 18.6 Å². The van der Waals surface area contributed by atoms with E-state index in [-0.39, 0.29) is 12.0 Å². The van der Waals surface area contributed by atoms with Crippen molar-refractivity contribution in [3.05, 3.63) is 59.2 Å². The number of anilines is 1. The van der Waals surface area contributed by atoms with Gasteiger partial charge in [0.1, 0.15) is 11.3 Å². The summed E-state index contributed by atoms with van der Waals surface area (Å²) in [5.74, 6) is -0.0482. The van der Waals surface area contributed by atoms with Crippen molar-refractivity contribution in [2.45, 2.75) is 70.8 Å². The lowest BCUT2D eigenvalue weighted by molar-refractivity contribution is -0.122. The van der Waals surface area contributed by atoms with Crippen molar-refractivity contribution >= 4 is 17.6 Å². The van der Waals surface area contributed by atoms with E-state index in [9.17, 15) is 9.59 Å². The first-order valence-corrected chi connectivity index (χ1v) is 11.2. The van der Waals surface area contributed by atoms with Crippen molar-refractivity contribution in [1.82, 2.24) is 0 Å². The third kappa shape index (κ3) is 5.09. The zero-order chi connectivity index (χ0) is 22.4. The molecule has 1 amide bonds. The Labute approximate surface area is 185 Å². The first-order chi connectivity index (χ1) is 14.9. The molecule has 5 nitrogen and oxygen atoms in total. The van der Waals surface area contributed by atoms with Crippen molar-refractivity contribution in [3.63, 3.8) is 0 Å². The molecular weight excluding hydrogens is 390 g/mol. The van der Waals surface area contributed by atoms with Gasteiger partial charge in [-0.3, -0.25) is 4.79 Å². The second kappa shape index (κ2) is 9.99. The summed E-state index contributed by atoms with van der Waals surface area (Å²) < 4.78 is 10.8. The number of esters is 1. The lowest BCUT2D eigenvalue weighted by Gasteiger charge is -2.36. The summed E-state index contributed by atoms with van der Waals surface area (Å²) in [5, 5.41) is 3.08. The molecule has 1 atom stereocenters. The Hall–Kier alpha value is -2.82. The van der Waals surface area contributed by atoms with E-state index in [0.29, 0.717) is 17.0 Å². The minimum absolute atomic E-state index is 0.0255. The predicted octanol–water partition coefficient (Wildman–Crippen LogP) is 5.80. The number of rotatable bonds is 7. The highest BCUT2D eigenvalue weighted by molar-refractivity contribution is 6.01. The van der Waals surface area contributed by atoms with Crippen molar-refractivity contribution in [1.29, 1.82) is 0 Å². The summed E-state index contributed by atoms with van der Waals surface area (Å²) >= 11 is 0. The highest BCUT2D eigenvalue weighted by Crippen LogP contribution is 2.41. The normalized spacial score (nSPS) is 16.3. The lowest BCUT2D eigenvalue weighted by atomic mass is 9.68. The van der Waals surface area contributed by atoms with E-state index < -0.39 is 11.4 Å². The highest BCUT2D eigenvalue weighted by atomic mass is 16.5. The fraction of sp³-hybridized carbons (Fsp3) is 0.462. The van der Waals surface area contributed by atoms with E-state index in [2.05, 4.69) is 36.5 Å². The zero-order valence-corrected chi connectivity index (χ0v) is 19.0. The van der Waals surface area contributed by atoms with Crippen LogP contribution in [0.5, 0.6) is 5.75 Å². The Kier molecular flexibility index (Phi) is 7.37. The fourth-order valence-electron chi connectivity index (χ4n) is 4.21. The van der Waals surface area contributed by atoms with Crippen molar-refractivity contribution in [3.8, 4) is 5.75 Å². The minimum Gasteiger partial charge on any atom is -0.490 e. The van der Waals surface area contributed by atoms with Crippen LogP contribution < -0.4 is 10.1 Å². The molecule has 1 saturated carbocycles. The summed E-state index contributed by atoms with van der Waals surface area (Å²) in [4.78, 5) is 25.9. The van der Waals surface area contributed by atoms with Crippen LogP contribution in [0.1, 0.15) is 73.9 Å². The molecular formula is C26H33NO4. The number of methoxy groups -OCH3 is 1. The van der Waals surface area contributed by atoms with Gasteiger partial charge < -0.3 is 14.8 Å². The second-order valence-corrected chi connectivity index (χ2v) is 8.50. The van der Waals surface area contributed by atoms with Crippen LogP contribution in [0.4, 0.5) is 5.69 Å². The van der Waals surface area contributed by atoms with E-state index in [1.54, 1.807) is 18.2 Å². The van der Waals surface area contributed by atoms with Crippen molar-refractivity contribution < 1.29 is 19.1 Å². The molecule has 166 valence electrons. The molecule has 0 aliphatic heterocycles. The molecule has 0 unspecified atom stereocenters. The van der Waals surface area contributed by atoms with E-state index in [1.165, 1.54) is 12.7 Å². The maximum Gasteiger partial charge on any atom is 0.341 e. The van der Waals surface area contributed by atoms with Crippen molar-refractivity contribution in [2.75, 3.05) is 12.4 Å². The first kappa shape index (κ1) is 22.9. The maximum atomic E-state index is 13.6. The molecule has 0 saturated heterocycles. The number of benzene rings is 2. The molecule has 0 aromatic heterocycles. The summed E-state index contributed by atoms with van der Waals surface area (Å²) in [6, 6.07) is 13.4. The number of nitrogens with one attached hydrogen (secondary N) is 1. The topological polar surface area (TPSA) is 64.6 Å². The molecule has 0 spiro atoms. The molecule has 0 bridgehead atoms. The van der Waals surface area contributed by atoms with Gasteiger partial charge in [0.15, 0.2) is 0 Å². The number of hydrogen-bond acceptors (Lipinski definition) is 4. The van der Waals surface area contributed by atoms with Gasteiger partial charge in [0, 0.05) is 5.69 Å². The van der Waals surface area contributed by atoms with Crippen molar-refractivity contribution in [2.24, 2.45) is 0 Å². The van der Waals surface area contributed by atoms with E-state index in [0.717, 1.165) is 44.1 Å². The number of hydrogen-bond donors (Lipinski definition) is 1. The van der Waals surface area contributed by atoms with Crippen LogP contribution in [0.15, 0.2) is 42.5 Å². The molecule has 2 aromatic rings. The van der Waals surface area contributed by atoms with Crippen LogP contribution in [0.2, 0.25) is 0 Å². The van der Waals surface area contributed by atoms with Gasteiger partial charge in [-0.1, -0.05) is 56.0 Å². The number of aryl methyl sites for hydroxylation is 1. The average Bonchev–Trinajstić information content (AvgIpc) is 2.80. The van der Waals surface area contributed by atoms with Crippen LogP contribution in [-0.2, 0) is 14.9 Å². The maximum absolute atomic E-state index is 13.6. The molecule has 2 aromatic carbocycles. The average molecular weight is 424 g/mol. The predicted molar refractivity (Wildman–Crippen MR) is 123 cm³/mol. The van der Waals surface area contributed by atoms with Crippen LogP contribution in [0.25, 0.3) is 0 Å². The Morgan fingerprint density at radius 3 is 2.35 bits per heavy atom. The van der Waals surface area contributed by atoms with Gasteiger partial charge in [-0.25, -0.2) is 4.79 Å². The lowest BCUT2D eigenvalue weighted by Crippen LogP contribution is -2.42. The molecule has 3 rings (SSSR count). The van der Waals surface area contributed by atoms with E-state index >= 15 is 0 Å². The number of amides is 1. The smallest absolute Gasteiger partial charge is 0.341 e.